The number of rotatable bonds is 6. The minimum Gasteiger partial charge on any atom is -0.381 e. The maximum Gasteiger partial charge on any atom is 0.127 e. The van der Waals surface area contributed by atoms with Crippen LogP contribution in [0.15, 0.2) is 0 Å². The molecule has 0 spiro atoms. The van der Waals surface area contributed by atoms with Crippen LogP contribution in [-0.2, 0) is 9.53 Å². The summed E-state index contributed by atoms with van der Waals surface area (Å²) in [6.07, 6.45) is 4.11. The molecule has 1 fully saturated rings. The fourth-order valence-electron chi connectivity index (χ4n) is 2.19. The summed E-state index contributed by atoms with van der Waals surface area (Å²) in [5, 5.41) is 0. The van der Waals surface area contributed by atoms with Crippen molar-refractivity contribution >= 4 is 6.29 Å². The second-order valence-corrected chi connectivity index (χ2v) is 5.51. The number of ether oxygens (including phenoxy) is 1. The highest BCUT2D eigenvalue weighted by molar-refractivity contribution is 5.60. The van der Waals surface area contributed by atoms with E-state index in [4.69, 9.17) is 4.74 Å². The van der Waals surface area contributed by atoms with E-state index < -0.39 is 0 Å². The Labute approximate surface area is 99.1 Å². The fourth-order valence-corrected chi connectivity index (χ4v) is 2.19. The molecular weight excluding hydrogens is 202 g/mol. The van der Waals surface area contributed by atoms with Crippen molar-refractivity contribution in [3.05, 3.63) is 0 Å². The number of aldehydes is 1. The van der Waals surface area contributed by atoms with E-state index in [-0.39, 0.29) is 5.41 Å². The standard InChI is InChI=1S/C13H25NO2/c1-12(2)4-7-14(3)10-13(11-15)5-8-16-9-6-13/h11-12H,4-10H2,1-3H3. The molecule has 94 valence electrons. The Morgan fingerprint density at radius 1 is 1.38 bits per heavy atom. The molecule has 0 aliphatic carbocycles. The second-order valence-electron chi connectivity index (χ2n) is 5.51. The first-order valence-electron chi connectivity index (χ1n) is 6.31. The predicted molar refractivity (Wildman–Crippen MR) is 65.5 cm³/mol. The largest absolute Gasteiger partial charge is 0.381 e. The van der Waals surface area contributed by atoms with Crippen LogP contribution < -0.4 is 0 Å². The third-order valence-corrected chi connectivity index (χ3v) is 3.41. The molecule has 3 heteroatoms. The number of carbonyl (C=O) groups excluding carboxylic acids is 1. The van der Waals surface area contributed by atoms with Gasteiger partial charge < -0.3 is 14.4 Å². The SMILES string of the molecule is CC(C)CCN(C)CC1(C=O)CCOCC1. The Balaban J connectivity index is 2.39. The van der Waals surface area contributed by atoms with E-state index in [1.807, 2.05) is 0 Å². The number of carbonyl (C=O) groups is 1. The van der Waals surface area contributed by atoms with Crippen LogP contribution in [0.5, 0.6) is 0 Å². The van der Waals surface area contributed by atoms with Gasteiger partial charge in [0.15, 0.2) is 0 Å². The fraction of sp³-hybridized carbons (Fsp3) is 0.923. The Bertz CT molecular complexity index is 210. The molecule has 0 bridgehead atoms. The average molecular weight is 227 g/mol. The van der Waals surface area contributed by atoms with Gasteiger partial charge in [0.1, 0.15) is 6.29 Å². The molecule has 0 atom stereocenters. The molecule has 1 saturated heterocycles. The maximum atomic E-state index is 11.3. The molecule has 0 aromatic heterocycles. The molecular formula is C13H25NO2. The minimum absolute atomic E-state index is 0.149. The third kappa shape index (κ3) is 4.22. The average Bonchev–Trinajstić information content (AvgIpc) is 2.28. The van der Waals surface area contributed by atoms with E-state index in [9.17, 15) is 4.79 Å². The summed E-state index contributed by atoms with van der Waals surface area (Å²) in [5.74, 6) is 0.726. The normalized spacial score (nSPS) is 20.3. The van der Waals surface area contributed by atoms with Gasteiger partial charge in [0.2, 0.25) is 0 Å². The molecule has 1 rings (SSSR count). The minimum atomic E-state index is -0.149. The van der Waals surface area contributed by atoms with E-state index in [1.54, 1.807) is 0 Å². The van der Waals surface area contributed by atoms with Crippen molar-refractivity contribution in [3.8, 4) is 0 Å². The van der Waals surface area contributed by atoms with Gasteiger partial charge in [-0.15, -0.1) is 0 Å². The summed E-state index contributed by atoms with van der Waals surface area (Å²) >= 11 is 0. The van der Waals surface area contributed by atoms with Gasteiger partial charge in [0.05, 0.1) is 0 Å². The van der Waals surface area contributed by atoms with Gasteiger partial charge in [-0.3, -0.25) is 0 Å². The summed E-state index contributed by atoms with van der Waals surface area (Å²) in [4.78, 5) is 13.6. The van der Waals surface area contributed by atoms with E-state index in [2.05, 4.69) is 25.8 Å². The van der Waals surface area contributed by atoms with Crippen molar-refractivity contribution in [2.45, 2.75) is 33.1 Å². The molecule has 0 aromatic rings. The highest BCUT2D eigenvalue weighted by Crippen LogP contribution is 2.28. The predicted octanol–water partition coefficient (Wildman–Crippen LogP) is 1.96. The number of hydrogen-bond acceptors (Lipinski definition) is 3. The van der Waals surface area contributed by atoms with Gasteiger partial charge in [-0.05, 0) is 38.8 Å². The lowest BCUT2D eigenvalue weighted by Crippen LogP contribution is -2.41. The Hall–Kier alpha value is -0.410. The molecule has 0 unspecified atom stereocenters. The monoisotopic (exact) mass is 227 g/mol. The zero-order valence-electron chi connectivity index (χ0n) is 10.9. The summed E-state index contributed by atoms with van der Waals surface area (Å²) in [6, 6.07) is 0. The Morgan fingerprint density at radius 2 is 2.00 bits per heavy atom. The van der Waals surface area contributed by atoms with Crippen LogP contribution in [-0.4, -0.2) is 44.5 Å². The van der Waals surface area contributed by atoms with Crippen LogP contribution in [0.3, 0.4) is 0 Å². The molecule has 16 heavy (non-hydrogen) atoms. The lowest BCUT2D eigenvalue weighted by molar-refractivity contribution is -0.122. The smallest absolute Gasteiger partial charge is 0.127 e. The van der Waals surface area contributed by atoms with E-state index in [1.165, 1.54) is 6.42 Å². The molecule has 3 nitrogen and oxygen atoms in total. The van der Waals surface area contributed by atoms with Crippen LogP contribution in [0.2, 0.25) is 0 Å². The van der Waals surface area contributed by atoms with Gasteiger partial charge in [-0.1, -0.05) is 13.8 Å². The zero-order valence-corrected chi connectivity index (χ0v) is 10.9. The summed E-state index contributed by atoms with van der Waals surface area (Å²) in [7, 11) is 2.11. The van der Waals surface area contributed by atoms with Gasteiger partial charge in [0.25, 0.3) is 0 Å². The van der Waals surface area contributed by atoms with E-state index >= 15 is 0 Å². The molecule has 1 aliphatic heterocycles. The third-order valence-electron chi connectivity index (χ3n) is 3.41. The van der Waals surface area contributed by atoms with Crippen LogP contribution in [0.1, 0.15) is 33.1 Å². The Morgan fingerprint density at radius 3 is 2.50 bits per heavy atom. The Kier molecular flexibility index (Phi) is 5.42. The molecule has 0 radical (unpaired) electrons. The lowest BCUT2D eigenvalue weighted by atomic mass is 9.81. The lowest BCUT2D eigenvalue weighted by Gasteiger charge is -2.35. The van der Waals surface area contributed by atoms with Crippen molar-refractivity contribution in [2.75, 3.05) is 33.4 Å². The van der Waals surface area contributed by atoms with Gasteiger partial charge in [0, 0.05) is 25.2 Å². The maximum absolute atomic E-state index is 11.3. The summed E-state index contributed by atoms with van der Waals surface area (Å²) in [5.41, 5.74) is -0.149. The topological polar surface area (TPSA) is 29.5 Å². The first-order valence-corrected chi connectivity index (χ1v) is 6.31. The molecule has 0 N–H and O–H groups in total. The first-order chi connectivity index (χ1) is 7.58. The molecule has 0 amide bonds. The summed E-state index contributed by atoms with van der Waals surface area (Å²) in [6.45, 7) is 7.89. The van der Waals surface area contributed by atoms with Crippen LogP contribution in [0.4, 0.5) is 0 Å². The van der Waals surface area contributed by atoms with Crippen molar-refractivity contribution in [2.24, 2.45) is 11.3 Å². The van der Waals surface area contributed by atoms with Gasteiger partial charge >= 0.3 is 0 Å². The van der Waals surface area contributed by atoms with Crippen molar-refractivity contribution in [1.82, 2.24) is 4.90 Å². The van der Waals surface area contributed by atoms with Gasteiger partial charge in [-0.25, -0.2) is 0 Å². The molecule has 0 aromatic carbocycles. The van der Waals surface area contributed by atoms with Crippen molar-refractivity contribution < 1.29 is 9.53 Å². The van der Waals surface area contributed by atoms with Crippen LogP contribution in [0.25, 0.3) is 0 Å². The van der Waals surface area contributed by atoms with E-state index in [0.29, 0.717) is 0 Å². The van der Waals surface area contributed by atoms with E-state index in [0.717, 1.165) is 51.3 Å². The quantitative estimate of drug-likeness (QED) is 0.650. The highest BCUT2D eigenvalue weighted by Gasteiger charge is 2.33. The highest BCUT2D eigenvalue weighted by atomic mass is 16.5. The molecule has 1 aliphatic rings. The summed E-state index contributed by atoms with van der Waals surface area (Å²) < 4.78 is 5.33. The van der Waals surface area contributed by atoms with Crippen molar-refractivity contribution in [3.63, 3.8) is 0 Å². The van der Waals surface area contributed by atoms with Crippen LogP contribution in [0, 0.1) is 11.3 Å². The molecule has 0 saturated carbocycles. The zero-order chi connectivity index (χ0) is 12.0. The van der Waals surface area contributed by atoms with Gasteiger partial charge in [-0.2, -0.15) is 0 Å². The number of hydrogen-bond donors (Lipinski definition) is 0. The van der Waals surface area contributed by atoms with Crippen LogP contribution >= 0.6 is 0 Å². The molecule has 1 heterocycles. The second kappa shape index (κ2) is 6.36. The number of nitrogens with zero attached hydrogens (tertiary/aromatic N) is 1. The first kappa shape index (κ1) is 13.7. The van der Waals surface area contributed by atoms with Crippen molar-refractivity contribution in [1.29, 1.82) is 0 Å².